The number of aryl methyl sites for hydroxylation is 1. The molecular weight excluding hydrogens is 303 g/mol. The van der Waals surface area contributed by atoms with E-state index in [9.17, 15) is 12.8 Å². The van der Waals surface area contributed by atoms with Crippen LogP contribution in [0.2, 0.25) is 0 Å². The van der Waals surface area contributed by atoms with Crippen molar-refractivity contribution in [2.45, 2.75) is 24.7 Å². The van der Waals surface area contributed by atoms with E-state index in [2.05, 4.69) is 0 Å². The number of benzene rings is 1. The van der Waals surface area contributed by atoms with Crippen molar-refractivity contribution in [3.05, 3.63) is 29.6 Å². The van der Waals surface area contributed by atoms with Gasteiger partial charge in [-0.1, -0.05) is 6.07 Å². The number of nitrogens with two attached hydrogens (primary N) is 1. The molecule has 0 aromatic heterocycles. The fourth-order valence-electron chi connectivity index (χ4n) is 2.38. The highest BCUT2D eigenvalue weighted by atomic mass is 35.5. The maximum Gasteiger partial charge on any atom is 0.246 e. The van der Waals surface area contributed by atoms with Crippen LogP contribution in [0.25, 0.3) is 0 Å². The highest BCUT2D eigenvalue weighted by Crippen LogP contribution is 2.25. The van der Waals surface area contributed by atoms with Crippen LogP contribution in [0.5, 0.6) is 0 Å². The molecular formula is C13H20ClFN2O2S. The van der Waals surface area contributed by atoms with Crippen molar-refractivity contribution in [2.24, 2.45) is 11.7 Å². The highest BCUT2D eigenvalue weighted by molar-refractivity contribution is 7.89. The predicted molar refractivity (Wildman–Crippen MR) is 78.9 cm³/mol. The van der Waals surface area contributed by atoms with Crippen LogP contribution in [0.4, 0.5) is 4.39 Å². The van der Waals surface area contributed by atoms with Gasteiger partial charge in [0.2, 0.25) is 10.0 Å². The summed E-state index contributed by atoms with van der Waals surface area (Å²) in [6.45, 7) is 3.03. The largest absolute Gasteiger partial charge is 0.330 e. The molecule has 0 spiro atoms. The molecule has 20 heavy (non-hydrogen) atoms. The van der Waals surface area contributed by atoms with Gasteiger partial charge in [-0.25, -0.2) is 12.8 Å². The monoisotopic (exact) mass is 322 g/mol. The molecule has 1 fully saturated rings. The lowest BCUT2D eigenvalue weighted by molar-refractivity contribution is 0.270. The molecule has 0 saturated carbocycles. The third kappa shape index (κ3) is 3.49. The SMILES string of the molecule is Cc1ccc(F)c(S(=O)(=O)N2CCCC(CN)C2)c1.Cl. The Morgan fingerprint density at radius 1 is 1.45 bits per heavy atom. The Balaban J connectivity index is 0.00000200. The number of sulfonamides is 1. The summed E-state index contributed by atoms with van der Waals surface area (Å²) >= 11 is 0. The van der Waals surface area contributed by atoms with Gasteiger partial charge in [0.1, 0.15) is 10.7 Å². The van der Waals surface area contributed by atoms with Crippen LogP contribution in [0.15, 0.2) is 23.1 Å². The molecule has 1 saturated heterocycles. The molecule has 0 radical (unpaired) electrons. The Morgan fingerprint density at radius 2 is 2.15 bits per heavy atom. The van der Waals surface area contributed by atoms with E-state index in [0.717, 1.165) is 18.4 Å². The molecule has 2 rings (SSSR count). The van der Waals surface area contributed by atoms with E-state index in [-0.39, 0.29) is 23.2 Å². The van der Waals surface area contributed by atoms with Crippen molar-refractivity contribution in [3.8, 4) is 0 Å². The molecule has 1 aromatic rings. The number of hydrogen-bond donors (Lipinski definition) is 1. The zero-order valence-electron chi connectivity index (χ0n) is 11.4. The number of piperidine rings is 1. The summed E-state index contributed by atoms with van der Waals surface area (Å²) in [4.78, 5) is -0.231. The zero-order chi connectivity index (χ0) is 14.0. The minimum Gasteiger partial charge on any atom is -0.330 e. The second-order valence-electron chi connectivity index (χ2n) is 5.04. The molecule has 1 unspecified atom stereocenters. The molecule has 114 valence electrons. The Bertz CT molecular complexity index is 565. The predicted octanol–water partition coefficient (Wildman–Crippen LogP) is 1.92. The summed E-state index contributed by atoms with van der Waals surface area (Å²) in [7, 11) is -3.76. The molecule has 1 aromatic carbocycles. The maximum absolute atomic E-state index is 13.8. The Kier molecular flexibility index (Phi) is 5.94. The Morgan fingerprint density at radius 3 is 2.80 bits per heavy atom. The second-order valence-corrected chi connectivity index (χ2v) is 6.95. The van der Waals surface area contributed by atoms with Gasteiger partial charge in [-0.05, 0) is 49.9 Å². The van der Waals surface area contributed by atoms with Crippen LogP contribution >= 0.6 is 12.4 Å². The number of halogens is 2. The fourth-order valence-corrected chi connectivity index (χ4v) is 4.09. The van der Waals surface area contributed by atoms with Gasteiger partial charge in [0.15, 0.2) is 0 Å². The first-order valence-electron chi connectivity index (χ1n) is 6.41. The molecule has 7 heteroatoms. The molecule has 1 heterocycles. The van der Waals surface area contributed by atoms with Gasteiger partial charge in [-0.15, -0.1) is 12.4 Å². The van der Waals surface area contributed by atoms with E-state index in [1.807, 2.05) is 0 Å². The molecule has 0 bridgehead atoms. The first kappa shape index (κ1) is 17.4. The van der Waals surface area contributed by atoms with E-state index >= 15 is 0 Å². The summed E-state index contributed by atoms with van der Waals surface area (Å²) < 4.78 is 40.1. The smallest absolute Gasteiger partial charge is 0.246 e. The zero-order valence-corrected chi connectivity index (χ0v) is 13.0. The minimum absolute atomic E-state index is 0. The van der Waals surface area contributed by atoms with E-state index in [1.165, 1.54) is 16.4 Å². The Hall–Kier alpha value is -0.690. The number of rotatable bonds is 3. The van der Waals surface area contributed by atoms with E-state index in [1.54, 1.807) is 13.0 Å². The van der Waals surface area contributed by atoms with Crippen LogP contribution in [-0.2, 0) is 10.0 Å². The summed E-state index contributed by atoms with van der Waals surface area (Å²) in [5, 5.41) is 0. The van der Waals surface area contributed by atoms with Gasteiger partial charge >= 0.3 is 0 Å². The number of hydrogen-bond acceptors (Lipinski definition) is 3. The van der Waals surface area contributed by atoms with Gasteiger partial charge in [0.05, 0.1) is 0 Å². The van der Waals surface area contributed by atoms with E-state index in [0.29, 0.717) is 19.6 Å². The summed E-state index contributed by atoms with van der Waals surface area (Å²) in [5.41, 5.74) is 6.33. The second kappa shape index (κ2) is 6.85. The van der Waals surface area contributed by atoms with Crippen LogP contribution in [0.3, 0.4) is 0 Å². The minimum atomic E-state index is -3.76. The van der Waals surface area contributed by atoms with Crippen LogP contribution < -0.4 is 5.73 Å². The molecule has 4 nitrogen and oxygen atoms in total. The topological polar surface area (TPSA) is 63.4 Å². The Labute approximate surface area is 125 Å². The van der Waals surface area contributed by atoms with Crippen molar-refractivity contribution in [2.75, 3.05) is 19.6 Å². The van der Waals surface area contributed by atoms with Crippen molar-refractivity contribution in [1.29, 1.82) is 0 Å². The number of nitrogens with zero attached hydrogens (tertiary/aromatic N) is 1. The van der Waals surface area contributed by atoms with Gasteiger partial charge in [-0.2, -0.15) is 4.31 Å². The van der Waals surface area contributed by atoms with Crippen LogP contribution in [-0.4, -0.2) is 32.4 Å². The average molecular weight is 323 g/mol. The van der Waals surface area contributed by atoms with Gasteiger partial charge in [0, 0.05) is 13.1 Å². The average Bonchev–Trinajstić information content (AvgIpc) is 2.41. The maximum atomic E-state index is 13.8. The van der Waals surface area contributed by atoms with Crippen molar-refractivity contribution >= 4 is 22.4 Å². The third-order valence-corrected chi connectivity index (χ3v) is 5.40. The normalized spacial score (nSPS) is 20.4. The summed E-state index contributed by atoms with van der Waals surface area (Å²) in [5.74, 6) is -0.531. The molecule has 0 aliphatic carbocycles. The van der Waals surface area contributed by atoms with E-state index in [4.69, 9.17) is 5.73 Å². The molecule has 1 aliphatic rings. The highest BCUT2D eigenvalue weighted by Gasteiger charge is 2.31. The molecule has 1 aliphatic heterocycles. The van der Waals surface area contributed by atoms with Gasteiger partial charge in [0.25, 0.3) is 0 Å². The van der Waals surface area contributed by atoms with Gasteiger partial charge in [-0.3, -0.25) is 0 Å². The van der Waals surface area contributed by atoms with Crippen molar-refractivity contribution in [1.82, 2.24) is 4.31 Å². The first-order valence-corrected chi connectivity index (χ1v) is 7.85. The van der Waals surface area contributed by atoms with Crippen LogP contribution in [0.1, 0.15) is 18.4 Å². The van der Waals surface area contributed by atoms with Crippen molar-refractivity contribution in [3.63, 3.8) is 0 Å². The molecule has 1 atom stereocenters. The molecule has 0 amide bonds. The fraction of sp³-hybridized carbons (Fsp3) is 0.538. The molecule has 2 N–H and O–H groups in total. The van der Waals surface area contributed by atoms with E-state index < -0.39 is 15.8 Å². The van der Waals surface area contributed by atoms with Crippen LogP contribution in [0, 0.1) is 18.7 Å². The lowest BCUT2D eigenvalue weighted by atomic mass is 10.0. The lowest BCUT2D eigenvalue weighted by Crippen LogP contribution is -2.42. The summed E-state index contributed by atoms with van der Waals surface area (Å²) in [6, 6.07) is 4.15. The summed E-state index contributed by atoms with van der Waals surface area (Å²) in [6.07, 6.45) is 1.70. The quantitative estimate of drug-likeness (QED) is 0.924. The lowest BCUT2D eigenvalue weighted by Gasteiger charge is -2.31. The first-order chi connectivity index (χ1) is 8.95. The van der Waals surface area contributed by atoms with Gasteiger partial charge < -0.3 is 5.73 Å². The third-order valence-electron chi connectivity index (χ3n) is 3.52. The standard InChI is InChI=1S/C13H19FN2O2S.ClH/c1-10-4-5-12(14)13(7-10)19(17,18)16-6-2-3-11(8-15)9-16;/h4-5,7,11H,2-3,6,8-9,15H2,1H3;1H. The van der Waals surface area contributed by atoms with Crippen molar-refractivity contribution < 1.29 is 12.8 Å².